The summed E-state index contributed by atoms with van der Waals surface area (Å²) in [5, 5.41) is 3.05. The number of carbonyl (C=O) groups is 1. The largest absolute Gasteiger partial charge is 0.466 e. The van der Waals surface area contributed by atoms with Gasteiger partial charge < -0.3 is 10.1 Å². The molecule has 0 bridgehead atoms. The van der Waals surface area contributed by atoms with Crippen LogP contribution in [-0.4, -0.2) is 13.1 Å². The molecule has 0 radical (unpaired) electrons. The van der Waals surface area contributed by atoms with Gasteiger partial charge in [0.15, 0.2) is 0 Å². The fourth-order valence-electron chi connectivity index (χ4n) is 1.14. The van der Waals surface area contributed by atoms with Gasteiger partial charge in [-0.25, -0.2) is 4.79 Å². The molecule has 80 valence electrons. The van der Waals surface area contributed by atoms with Crippen LogP contribution in [0.3, 0.4) is 0 Å². The molecule has 1 aromatic carbocycles. The van der Waals surface area contributed by atoms with Crippen LogP contribution in [0.4, 0.5) is 5.69 Å². The minimum atomic E-state index is -0.291. The van der Waals surface area contributed by atoms with Gasteiger partial charge in [-0.3, -0.25) is 0 Å². The number of esters is 1. The summed E-state index contributed by atoms with van der Waals surface area (Å²) in [6, 6.07) is 9.66. The average molecular weight is 205 g/mol. The molecule has 3 nitrogen and oxygen atoms in total. The summed E-state index contributed by atoms with van der Waals surface area (Å²) >= 11 is 0. The lowest BCUT2D eigenvalue weighted by atomic mass is 10.2. The normalized spacial score (nSPS) is 10.9. The predicted molar refractivity (Wildman–Crippen MR) is 60.5 cm³/mol. The molecule has 0 saturated carbocycles. The lowest BCUT2D eigenvalue weighted by Crippen LogP contribution is -2.05. The van der Waals surface area contributed by atoms with Crippen molar-refractivity contribution in [2.45, 2.75) is 13.3 Å². The van der Waals surface area contributed by atoms with E-state index in [2.05, 4.69) is 10.1 Å². The SMILES string of the molecule is CCC(=CNc1ccccc1)C(=O)OC. The number of para-hydroxylation sites is 1. The molecule has 0 fully saturated rings. The van der Waals surface area contributed by atoms with Crippen molar-refractivity contribution in [1.82, 2.24) is 0 Å². The Kier molecular flexibility index (Phi) is 4.41. The van der Waals surface area contributed by atoms with Crippen LogP contribution in [0.2, 0.25) is 0 Å². The third-order valence-electron chi connectivity index (χ3n) is 2.02. The fraction of sp³-hybridized carbons (Fsp3) is 0.250. The first kappa shape index (κ1) is 11.3. The molecule has 1 rings (SSSR count). The lowest BCUT2D eigenvalue weighted by molar-refractivity contribution is -0.136. The predicted octanol–water partition coefficient (Wildman–Crippen LogP) is 2.57. The van der Waals surface area contributed by atoms with E-state index in [0.29, 0.717) is 12.0 Å². The quantitative estimate of drug-likeness (QED) is 0.606. The second-order valence-electron chi connectivity index (χ2n) is 3.03. The van der Waals surface area contributed by atoms with Crippen molar-refractivity contribution in [3.8, 4) is 0 Å². The van der Waals surface area contributed by atoms with Gasteiger partial charge in [0.25, 0.3) is 0 Å². The molecule has 0 unspecified atom stereocenters. The number of hydrogen-bond acceptors (Lipinski definition) is 3. The van der Waals surface area contributed by atoms with Crippen LogP contribution in [-0.2, 0) is 9.53 Å². The maximum absolute atomic E-state index is 11.2. The van der Waals surface area contributed by atoms with E-state index in [9.17, 15) is 4.79 Å². The molecule has 0 atom stereocenters. The van der Waals surface area contributed by atoms with E-state index in [-0.39, 0.29) is 5.97 Å². The van der Waals surface area contributed by atoms with E-state index in [0.717, 1.165) is 5.69 Å². The highest BCUT2D eigenvalue weighted by atomic mass is 16.5. The Labute approximate surface area is 89.8 Å². The molecule has 0 aromatic heterocycles. The summed E-state index contributed by atoms with van der Waals surface area (Å²) in [5.74, 6) is -0.291. The molecule has 0 aliphatic rings. The fourth-order valence-corrected chi connectivity index (χ4v) is 1.14. The summed E-state index contributed by atoms with van der Waals surface area (Å²) in [5.41, 5.74) is 1.58. The Morgan fingerprint density at radius 1 is 1.40 bits per heavy atom. The first-order chi connectivity index (χ1) is 7.27. The van der Waals surface area contributed by atoms with Crippen molar-refractivity contribution in [2.75, 3.05) is 12.4 Å². The van der Waals surface area contributed by atoms with Crippen LogP contribution < -0.4 is 5.32 Å². The van der Waals surface area contributed by atoms with Gasteiger partial charge in [0.2, 0.25) is 0 Å². The summed E-state index contributed by atoms with van der Waals surface area (Å²) in [6.07, 6.45) is 2.33. The first-order valence-corrected chi connectivity index (χ1v) is 4.87. The zero-order chi connectivity index (χ0) is 11.1. The number of anilines is 1. The molecule has 0 spiro atoms. The van der Waals surface area contributed by atoms with Crippen LogP contribution in [0.1, 0.15) is 13.3 Å². The summed E-state index contributed by atoms with van der Waals surface area (Å²) in [7, 11) is 1.38. The molecule has 0 aliphatic heterocycles. The molecule has 0 saturated heterocycles. The van der Waals surface area contributed by atoms with E-state index >= 15 is 0 Å². The van der Waals surface area contributed by atoms with E-state index in [1.165, 1.54) is 7.11 Å². The lowest BCUT2D eigenvalue weighted by Gasteiger charge is -2.04. The molecule has 3 heteroatoms. The van der Waals surface area contributed by atoms with Gasteiger partial charge >= 0.3 is 5.97 Å². The Bertz CT molecular complexity index is 344. The number of hydrogen-bond donors (Lipinski definition) is 1. The Hall–Kier alpha value is -1.77. The zero-order valence-electron chi connectivity index (χ0n) is 8.99. The van der Waals surface area contributed by atoms with Crippen molar-refractivity contribution < 1.29 is 9.53 Å². The number of nitrogens with one attached hydrogen (secondary N) is 1. The summed E-state index contributed by atoms with van der Waals surface area (Å²) in [6.45, 7) is 1.91. The Balaban J connectivity index is 2.67. The molecular weight excluding hydrogens is 190 g/mol. The van der Waals surface area contributed by atoms with Gasteiger partial charge in [-0.2, -0.15) is 0 Å². The van der Waals surface area contributed by atoms with Crippen molar-refractivity contribution in [2.24, 2.45) is 0 Å². The average Bonchev–Trinajstić information content (AvgIpc) is 2.31. The number of methoxy groups -OCH3 is 1. The molecular formula is C12H15NO2. The smallest absolute Gasteiger partial charge is 0.335 e. The van der Waals surface area contributed by atoms with E-state index < -0.39 is 0 Å². The number of ether oxygens (including phenoxy) is 1. The molecule has 0 aliphatic carbocycles. The van der Waals surface area contributed by atoms with Gasteiger partial charge in [-0.15, -0.1) is 0 Å². The number of rotatable bonds is 4. The van der Waals surface area contributed by atoms with Crippen LogP contribution in [0.25, 0.3) is 0 Å². The third kappa shape index (κ3) is 3.46. The third-order valence-corrected chi connectivity index (χ3v) is 2.02. The van der Waals surface area contributed by atoms with Crippen LogP contribution in [0.15, 0.2) is 42.1 Å². The van der Waals surface area contributed by atoms with Gasteiger partial charge in [-0.1, -0.05) is 25.1 Å². The van der Waals surface area contributed by atoms with Crippen molar-refractivity contribution >= 4 is 11.7 Å². The monoisotopic (exact) mass is 205 g/mol. The Morgan fingerprint density at radius 2 is 2.07 bits per heavy atom. The minimum Gasteiger partial charge on any atom is -0.466 e. The highest BCUT2D eigenvalue weighted by Gasteiger charge is 2.05. The van der Waals surface area contributed by atoms with Gasteiger partial charge in [0, 0.05) is 11.9 Å². The standard InChI is InChI=1S/C12H15NO2/c1-3-10(12(14)15-2)9-13-11-7-5-4-6-8-11/h4-9,13H,3H2,1-2H3. The molecule has 15 heavy (non-hydrogen) atoms. The highest BCUT2D eigenvalue weighted by Crippen LogP contribution is 2.08. The molecule has 0 heterocycles. The van der Waals surface area contributed by atoms with Gasteiger partial charge in [0.1, 0.15) is 0 Å². The van der Waals surface area contributed by atoms with Crippen LogP contribution in [0, 0.1) is 0 Å². The van der Waals surface area contributed by atoms with Crippen LogP contribution >= 0.6 is 0 Å². The van der Waals surface area contributed by atoms with E-state index in [1.807, 2.05) is 37.3 Å². The van der Waals surface area contributed by atoms with Gasteiger partial charge in [-0.05, 0) is 18.6 Å². The van der Waals surface area contributed by atoms with Crippen molar-refractivity contribution in [1.29, 1.82) is 0 Å². The first-order valence-electron chi connectivity index (χ1n) is 4.87. The maximum atomic E-state index is 11.2. The summed E-state index contributed by atoms with van der Waals surface area (Å²) < 4.78 is 4.64. The number of benzene rings is 1. The van der Waals surface area contributed by atoms with Crippen molar-refractivity contribution in [3.63, 3.8) is 0 Å². The minimum absolute atomic E-state index is 0.291. The van der Waals surface area contributed by atoms with Crippen LogP contribution in [0.5, 0.6) is 0 Å². The highest BCUT2D eigenvalue weighted by molar-refractivity contribution is 5.88. The second kappa shape index (κ2) is 5.86. The maximum Gasteiger partial charge on any atom is 0.335 e. The van der Waals surface area contributed by atoms with E-state index in [1.54, 1.807) is 6.20 Å². The zero-order valence-corrected chi connectivity index (χ0v) is 8.99. The number of carbonyl (C=O) groups excluding carboxylic acids is 1. The molecule has 1 N–H and O–H groups in total. The molecule has 1 aromatic rings. The topological polar surface area (TPSA) is 38.3 Å². The van der Waals surface area contributed by atoms with E-state index in [4.69, 9.17) is 0 Å². The second-order valence-corrected chi connectivity index (χ2v) is 3.03. The summed E-state index contributed by atoms with van der Waals surface area (Å²) in [4.78, 5) is 11.2. The van der Waals surface area contributed by atoms with Crippen molar-refractivity contribution in [3.05, 3.63) is 42.1 Å². The molecule has 0 amide bonds. The Morgan fingerprint density at radius 3 is 2.60 bits per heavy atom. The van der Waals surface area contributed by atoms with Gasteiger partial charge in [0.05, 0.1) is 12.7 Å².